The third-order valence-corrected chi connectivity index (χ3v) is 4.72. The van der Waals surface area contributed by atoms with E-state index in [1.54, 1.807) is 0 Å². The summed E-state index contributed by atoms with van der Waals surface area (Å²) in [6.07, 6.45) is -4.52. The number of pyridine rings is 1. The largest absolute Gasteiger partial charge is 0.416 e. The maximum atomic E-state index is 12.8. The number of hydrogen-bond donors (Lipinski definition) is 3. The molecule has 3 aromatic rings. The van der Waals surface area contributed by atoms with E-state index in [0.717, 1.165) is 23.5 Å². The Kier molecular flexibility index (Phi) is 4.17. The average molecular weight is 378 g/mol. The number of halogens is 3. The Morgan fingerprint density at radius 1 is 1.27 bits per heavy atom. The molecule has 0 bridgehead atoms. The first-order valence-electron chi connectivity index (χ1n) is 7.13. The van der Waals surface area contributed by atoms with Crippen molar-refractivity contribution in [3.63, 3.8) is 0 Å². The summed E-state index contributed by atoms with van der Waals surface area (Å²) in [6, 6.07) is 7.63. The van der Waals surface area contributed by atoms with Crippen LogP contribution in [0, 0.1) is 11.3 Å². The minimum Gasteiger partial charge on any atom is -0.397 e. The van der Waals surface area contributed by atoms with Crippen molar-refractivity contribution < 1.29 is 22.9 Å². The topological polar surface area (TPSA) is 119 Å². The number of aromatic nitrogens is 1. The number of benzene rings is 1. The molecule has 0 radical (unpaired) electrons. The number of nitrogens with one attached hydrogen (secondary N) is 2. The van der Waals surface area contributed by atoms with Gasteiger partial charge in [-0.25, -0.2) is 4.98 Å². The number of nitriles is 1. The highest BCUT2D eigenvalue weighted by atomic mass is 32.1. The molecule has 1 amide bonds. The van der Waals surface area contributed by atoms with Crippen LogP contribution in [-0.2, 0) is 6.18 Å². The molecule has 0 atom stereocenters. The number of nitrogen functional groups attached to an aromatic ring is 2. The van der Waals surface area contributed by atoms with Crippen LogP contribution in [0.3, 0.4) is 0 Å². The standard InChI is InChI=1S/C16H10F3N5OS/c17-16(18,19)8-2-1-3-9(5-8)23-14(25)12-11(21)10-4-7(6-20)13(22)24-15(10)26-12/h1-5H,21H2,(H2,22,24)(H,23,25)/p+1. The van der Waals surface area contributed by atoms with Crippen molar-refractivity contribution in [3.8, 4) is 6.07 Å². The highest BCUT2D eigenvalue weighted by Gasteiger charge is 2.30. The first-order valence-corrected chi connectivity index (χ1v) is 7.95. The van der Waals surface area contributed by atoms with Crippen molar-refractivity contribution in [2.24, 2.45) is 0 Å². The minimum atomic E-state index is -4.52. The fraction of sp³-hybridized carbons (Fsp3) is 0.0625. The van der Waals surface area contributed by atoms with E-state index in [4.69, 9.17) is 16.7 Å². The summed E-state index contributed by atoms with van der Waals surface area (Å²) in [6.45, 7) is 0. The summed E-state index contributed by atoms with van der Waals surface area (Å²) in [5, 5.41) is 11.8. The number of rotatable bonds is 2. The average Bonchev–Trinajstić information content (AvgIpc) is 2.89. The molecule has 0 saturated carbocycles. The molecule has 0 aliphatic heterocycles. The summed E-state index contributed by atoms with van der Waals surface area (Å²) < 4.78 is 38.3. The Labute approximate surface area is 148 Å². The monoisotopic (exact) mass is 378 g/mol. The number of hydrogen-bond acceptors (Lipinski definition) is 5. The zero-order valence-electron chi connectivity index (χ0n) is 12.9. The number of nitrogens with zero attached hydrogens (tertiary/aromatic N) is 1. The molecule has 2 aromatic heterocycles. The number of H-pyrrole nitrogens is 1. The molecule has 0 saturated heterocycles. The molecule has 0 fully saturated rings. The van der Waals surface area contributed by atoms with Crippen LogP contribution < -0.4 is 21.8 Å². The molecule has 3 rings (SSSR count). The van der Waals surface area contributed by atoms with E-state index in [2.05, 4.69) is 10.3 Å². The molecular formula is C16H11F3N5OS+. The van der Waals surface area contributed by atoms with E-state index in [1.165, 1.54) is 18.2 Å². The lowest BCUT2D eigenvalue weighted by atomic mass is 10.2. The Balaban J connectivity index is 1.96. The summed E-state index contributed by atoms with van der Waals surface area (Å²) in [5.41, 5.74) is 11.1. The zero-order chi connectivity index (χ0) is 19.1. The van der Waals surface area contributed by atoms with Crippen molar-refractivity contribution in [1.29, 1.82) is 5.26 Å². The molecule has 6 N–H and O–H groups in total. The smallest absolute Gasteiger partial charge is 0.397 e. The van der Waals surface area contributed by atoms with Crippen molar-refractivity contribution >= 4 is 44.7 Å². The molecule has 0 unspecified atom stereocenters. The van der Waals surface area contributed by atoms with Crippen LogP contribution in [0.4, 0.5) is 30.4 Å². The maximum Gasteiger partial charge on any atom is 0.416 e. The lowest BCUT2D eigenvalue weighted by molar-refractivity contribution is -0.323. The van der Waals surface area contributed by atoms with Gasteiger partial charge < -0.3 is 11.1 Å². The predicted molar refractivity (Wildman–Crippen MR) is 91.3 cm³/mol. The minimum absolute atomic E-state index is 0.0112. The molecule has 0 spiro atoms. The number of alkyl halides is 3. The van der Waals surface area contributed by atoms with Gasteiger partial charge in [0.2, 0.25) is 0 Å². The fourth-order valence-electron chi connectivity index (χ4n) is 2.33. The van der Waals surface area contributed by atoms with E-state index >= 15 is 0 Å². The van der Waals surface area contributed by atoms with Crippen molar-refractivity contribution in [2.75, 3.05) is 16.8 Å². The lowest BCUT2D eigenvalue weighted by Gasteiger charge is -2.09. The molecule has 2 heterocycles. The third kappa shape index (κ3) is 3.12. The molecule has 26 heavy (non-hydrogen) atoms. The highest BCUT2D eigenvalue weighted by molar-refractivity contribution is 7.20. The van der Waals surface area contributed by atoms with Gasteiger partial charge in [-0.05, 0) is 24.3 Å². The fourth-order valence-corrected chi connectivity index (χ4v) is 3.33. The first kappa shape index (κ1) is 17.5. The van der Waals surface area contributed by atoms with Gasteiger partial charge in [0.15, 0.2) is 4.83 Å². The first-order chi connectivity index (χ1) is 12.2. The van der Waals surface area contributed by atoms with Gasteiger partial charge in [-0.2, -0.15) is 18.4 Å². The van der Waals surface area contributed by atoms with Crippen molar-refractivity contribution in [3.05, 3.63) is 46.3 Å². The summed E-state index contributed by atoms with van der Waals surface area (Å²) in [5.74, 6) is -0.528. The van der Waals surface area contributed by atoms with E-state index in [1.807, 2.05) is 6.07 Å². The molecule has 0 aliphatic rings. The van der Waals surface area contributed by atoms with E-state index in [9.17, 15) is 18.0 Å². The molecule has 0 aliphatic carbocycles. The summed E-state index contributed by atoms with van der Waals surface area (Å²) in [7, 11) is 0. The zero-order valence-corrected chi connectivity index (χ0v) is 13.8. The number of carbonyl (C=O) groups is 1. The Bertz CT molecular complexity index is 1070. The van der Waals surface area contributed by atoms with Crippen LogP contribution >= 0.6 is 11.3 Å². The second kappa shape index (κ2) is 6.20. The van der Waals surface area contributed by atoms with Crippen LogP contribution in [0.25, 0.3) is 10.2 Å². The number of nitrogens with two attached hydrogens (primary N) is 2. The molecule has 132 valence electrons. The van der Waals surface area contributed by atoms with Crippen LogP contribution in [0.5, 0.6) is 0 Å². The van der Waals surface area contributed by atoms with Gasteiger partial charge in [0.1, 0.15) is 16.5 Å². The van der Waals surface area contributed by atoms with Gasteiger partial charge in [0.05, 0.1) is 16.6 Å². The number of carbonyl (C=O) groups excluding carboxylic acids is 1. The van der Waals surface area contributed by atoms with Crippen molar-refractivity contribution in [1.82, 2.24) is 0 Å². The normalized spacial score (nSPS) is 11.3. The second-order valence-corrected chi connectivity index (χ2v) is 6.35. The third-order valence-electron chi connectivity index (χ3n) is 3.59. The highest BCUT2D eigenvalue weighted by Crippen LogP contribution is 2.34. The van der Waals surface area contributed by atoms with Gasteiger partial charge in [-0.3, -0.25) is 10.5 Å². The lowest BCUT2D eigenvalue weighted by Crippen LogP contribution is -2.13. The summed E-state index contributed by atoms with van der Waals surface area (Å²) in [4.78, 5) is 15.8. The van der Waals surface area contributed by atoms with Gasteiger partial charge in [-0.15, -0.1) is 0 Å². The number of amides is 1. The molecule has 10 heteroatoms. The van der Waals surface area contributed by atoms with Gasteiger partial charge in [0.25, 0.3) is 11.7 Å². The van der Waals surface area contributed by atoms with Gasteiger partial charge >= 0.3 is 6.18 Å². The van der Waals surface area contributed by atoms with E-state index in [-0.39, 0.29) is 27.6 Å². The number of thiophene rings is 1. The van der Waals surface area contributed by atoms with E-state index < -0.39 is 17.6 Å². The molecule has 1 aromatic carbocycles. The predicted octanol–water partition coefficient (Wildman–Crippen LogP) is 3.02. The number of anilines is 3. The molecular weight excluding hydrogens is 367 g/mol. The maximum absolute atomic E-state index is 12.8. The number of aromatic amines is 1. The molecule has 6 nitrogen and oxygen atoms in total. The summed E-state index contributed by atoms with van der Waals surface area (Å²) >= 11 is 0.990. The van der Waals surface area contributed by atoms with Gasteiger partial charge in [0, 0.05) is 5.69 Å². The van der Waals surface area contributed by atoms with Crippen LogP contribution in [0.15, 0.2) is 30.3 Å². The van der Waals surface area contributed by atoms with E-state index in [0.29, 0.717) is 10.2 Å². The number of fused-ring (bicyclic) bond motifs is 1. The second-order valence-electron chi connectivity index (χ2n) is 5.33. The Morgan fingerprint density at radius 2 is 2.00 bits per heavy atom. The SMILES string of the molecule is N#Cc1cc2c(N)c(C(=O)Nc3cccc(C(F)(F)F)c3)sc2[nH+]c1N. The quantitative estimate of drug-likeness (QED) is 0.635. The van der Waals surface area contributed by atoms with Gasteiger partial charge in [-0.1, -0.05) is 17.4 Å². The van der Waals surface area contributed by atoms with Crippen LogP contribution in [-0.4, -0.2) is 5.91 Å². The van der Waals surface area contributed by atoms with Crippen molar-refractivity contribution in [2.45, 2.75) is 6.18 Å². The Hall–Kier alpha value is -3.32. The van der Waals surface area contributed by atoms with Crippen LogP contribution in [0.2, 0.25) is 0 Å². The van der Waals surface area contributed by atoms with Crippen LogP contribution in [0.1, 0.15) is 20.8 Å². The Morgan fingerprint density at radius 3 is 2.65 bits per heavy atom.